The SMILES string of the molecule is CCCCCCCC(=O)[O-].CCCCCCC[N+](C)(C)C. The summed E-state index contributed by atoms with van der Waals surface area (Å²) in [6, 6.07) is 0. The first-order valence-corrected chi connectivity index (χ1v) is 8.83. The van der Waals surface area contributed by atoms with E-state index < -0.39 is 5.97 Å². The number of unbranched alkanes of at least 4 members (excludes halogenated alkanes) is 8. The van der Waals surface area contributed by atoms with Gasteiger partial charge in [-0.1, -0.05) is 58.8 Å². The Hall–Kier alpha value is -0.570. The second kappa shape index (κ2) is 15.8. The average Bonchev–Trinajstić information content (AvgIpc) is 2.37. The van der Waals surface area contributed by atoms with Gasteiger partial charge in [0, 0.05) is 5.97 Å². The Bertz CT molecular complexity index is 222. The highest BCUT2D eigenvalue weighted by molar-refractivity contribution is 5.63. The van der Waals surface area contributed by atoms with Gasteiger partial charge in [-0.2, -0.15) is 0 Å². The molecule has 0 aromatic heterocycles. The predicted molar refractivity (Wildman–Crippen MR) is 90.0 cm³/mol. The Morgan fingerprint density at radius 3 is 1.57 bits per heavy atom. The van der Waals surface area contributed by atoms with Crippen molar-refractivity contribution in [1.29, 1.82) is 0 Å². The molecule has 0 aromatic carbocycles. The van der Waals surface area contributed by atoms with Crippen molar-refractivity contribution in [2.75, 3.05) is 27.7 Å². The Morgan fingerprint density at radius 2 is 1.19 bits per heavy atom. The van der Waals surface area contributed by atoms with Crippen LogP contribution in [0.25, 0.3) is 0 Å². The maximum absolute atomic E-state index is 9.92. The van der Waals surface area contributed by atoms with Crippen molar-refractivity contribution in [3.63, 3.8) is 0 Å². The molecule has 3 heteroatoms. The molecule has 0 aliphatic carbocycles. The van der Waals surface area contributed by atoms with Crippen LogP contribution >= 0.6 is 0 Å². The molecular formula is C18H39NO2. The number of carboxylic acids is 1. The molecule has 0 unspecified atom stereocenters. The van der Waals surface area contributed by atoms with Gasteiger partial charge >= 0.3 is 0 Å². The normalized spacial score (nSPS) is 10.9. The van der Waals surface area contributed by atoms with E-state index in [-0.39, 0.29) is 6.42 Å². The monoisotopic (exact) mass is 301 g/mol. The molecule has 0 radical (unpaired) electrons. The molecule has 0 spiro atoms. The highest BCUT2D eigenvalue weighted by atomic mass is 16.4. The standard InChI is InChI=1S/C10H24N.C8H16O2/c1-5-6-7-8-9-10-11(2,3)4;1-2-3-4-5-6-7-8(9)10/h5-10H2,1-4H3;2-7H2,1H3,(H,9,10)/q+1;/p-1. The summed E-state index contributed by atoms with van der Waals surface area (Å²) in [7, 11) is 6.79. The van der Waals surface area contributed by atoms with E-state index in [1.54, 1.807) is 0 Å². The van der Waals surface area contributed by atoms with Crippen LogP contribution in [0.3, 0.4) is 0 Å². The zero-order valence-electron chi connectivity index (χ0n) is 15.2. The lowest BCUT2D eigenvalue weighted by molar-refractivity contribution is -0.870. The van der Waals surface area contributed by atoms with E-state index in [0.29, 0.717) is 0 Å². The van der Waals surface area contributed by atoms with Crippen molar-refractivity contribution < 1.29 is 14.4 Å². The molecule has 21 heavy (non-hydrogen) atoms. The molecule has 0 amide bonds. The van der Waals surface area contributed by atoms with Gasteiger partial charge in [0.15, 0.2) is 0 Å². The maximum atomic E-state index is 9.92. The number of hydrogen-bond acceptors (Lipinski definition) is 2. The van der Waals surface area contributed by atoms with Crippen LogP contribution in [0.5, 0.6) is 0 Å². The fourth-order valence-corrected chi connectivity index (χ4v) is 2.06. The smallest absolute Gasteiger partial charge is 0.0780 e. The van der Waals surface area contributed by atoms with Gasteiger partial charge in [0.1, 0.15) is 0 Å². The first-order valence-electron chi connectivity index (χ1n) is 8.83. The summed E-state index contributed by atoms with van der Waals surface area (Å²) in [6.07, 6.45) is 12.6. The van der Waals surface area contributed by atoms with Gasteiger partial charge < -0.3 is 14.4 Å². The van der Waals surface area contributed by atoms with E-state index in [4.69, 9.17) is 0 Å². The highest BCUT2D eigenvalue weighted by Gasteiger charge is 2.04. The van der Waals surface area contributed by atoms with Crippen LogP contribution in [-0.4, -0.2) is 38.1 Å². The van der Waals surface area contributed by atoms with Gasteiger partial charge in [-0.25, -0.2) is 0 Å². The lowest BCUT2D eigenvalue weighted by Gasteiger charge is -2.23. The minimum Gasteiger partial charge on any atom is -0.550 e. The van der Waals surface area contributed by atoms with Crippen LogP contribution in [0, 0.1) is 0 Å². The Labute approximate surface area is 133 Å². The number of carboxylic acid groups (broad SMARTS) is 1. The van der Waals surface area contributed by atoms with Crippen LogP contribution in [0.2, 0.25) is 0 Å². The molecule has 0 saturated carbocycles. The molecule has 0 heterocycles. The lowest BCUT2D eigenvalue weighted by atomic mass is 10.1. The van der Waals surface area contributed by atoms with Crippen LogP contribution < -0.4 is 5.11 Å². The van der Waals surface area contributed by atoms with Crippen LogP contribution in [0.4, 0.5) is 0 Å². The molecule has 0 aliphatic rings. The molecule has 3 nitrogen and oxygen atoms in total. The lowest BCUT2D eigenvalue weighted by Crippen LogP contribution is -2.35. The zero-order valence-corrected chi connectivity index (χ0v) is 15.2. The zero-order chi connectivity index (χ0) is 16.6. The molecule has 128 valence electrons. The molecular weight excluding hydrogens is 262 g/mol. The van der Waals surface area contributed by atoms with Crippen molar-refractivity contribution >= 4 is 5.97 Å². The van der Waals surface area contributed by atoms with Gasteiger partial charge in [0.2, 0.25) is 0 Å². The third-order valence-electron chi connectivity index (χ3n) is 3.42. The van der Waals surface area contributed by atoms with E-state index in [0.717, 1.165) is 23.7 Å². The number of hydrogen-bond donors (Lipinski definition) is 0. The Kier molecular flexibility index (Phi) is 17.1. The van der Waals surface area contributed by atoms with Crippen molar-refractivity contribution in [2.45, 2.75) is 84.5 Å². The summed E-state index contributed by atoms with van der Waals surface area (Å²) >= 11 is 0. The highest BCUT2D eigenvalue weighted by Crippen LogP contribution is 2.04. The predicted octanol–water partition coefficient (Wildman–Crippen LogP) is 3.76. The van der Waals surface area contributed by atoms with Crippen molar-refractivity contribution in [3.05, 3.63) is 0 Å². The average molecular weight is 302 g/mol. The molecule has 0 aromatic rings. The van der Waals surface area contributed by atoms with Crippen molar-refractivity contribution in [3.8, 4) is 0 Å². The number of carbonyl (C=O) groups excluding carboxylic acids is 1. The van der Waals surface area contributed by atoms with E-state index in [1.165, 1.54) is 51.5 Å². The van der Waals surface area contributed by atoms with Crippen LogP contribution in [0.1, 0.15) is 84.5 Å². The second-order valence-corrected chi connectivity index (χ2v) is 6.96. The number of aliphatic carboxylic acids is 1. The van der Waals surface area contributed by atoms with E-state index >= 15 is 0 Å². The topological polar surface area (TPSA) is 40.1 Å². The van der Waals surface area contributed by atoms with Gasteiger partial charge in [-0.05, 0) is 25.7 Å². The fourth-order valence-electron chi connectivity index (χ4n) is 2.06. The summed E-state index contributed by atoms with van der Waals surface area (Å²) in [5.74, 6) is -0.920. The third kappa shape index (κ3) is 28.3. The summed E-state index contributed by atoms with van der Waals surface area (Å²) in [4.78, 5) is 9.92. The minimum absolute atomic E-state index is 0.226. The first-order chi connectivity index (χ1) is 9.83. The number of nitrogens with zero attached hydrogens (tertiary/aromatic N) is 1. The second-order valence-electron chi connectivity index (χ2n) is 6.96. The van der Waals surface area contributed by atoms with E-state index in [2.05, 4.69) is 35.0 Å². The molecule has 0 atom stereocenters. The number of quaternary nitrogens is 1. The fraction of sp³-hybridized carbons (Fsp3) is 0.944. The van der Waals surface area contributed by atoms with Crippen molar-refractivity contribution in [1.82, 2.24) is 0 Å². The molecule has 0 fully saturated rings. The van der Waals surface area contributed by atoms with E-state index in [9.17, 15) is 9.90 Å². The number of carbonyl (C=O) groups is 1. The molecule has 0 rings (SSSR count). The molecule has 0 N–H and O–H groups in total. The molecule has 0 aliphatic heterocycles. The number of rotatable bonds is 12. The Balaban J connectivity index is 0. The van der Waals surface area contributed by atoms with Gasteiger partial charge in [-0.3, -0.25) is 0 Å². The minimum atomic E-state index is -0.920. The van der Waals surface area contributed by atoms with Crippen molar-refractivity contribution in [2.24, 2.45) is 0 Å². The van der Waals surface area contributed by atoms with Crippen LogP contribution in [0.15, 0.2) is 0 Å². The quantitative estimate of drug-likeness (QED) is 0.407. The van der Waals surface area contributed by atoms with Gasteiger partial charge in [0.25, 0.3) is 0 Å². The molecule has 0 bridgehead atoms. The largest absolute Gasteiger partial charge is 0.550 e. The third-order valence-corrected chi connectivity index (χ3v) is 3.42. The Morgan fingerprint density at radius 1 is 0.762 bits per heavy atom. The van der Waals surface area contributed by atoms with Gasteiger partial charge in [-0.15, -0.1) is 0 Å². The summed E-state index contributed by atoms with van der Waals surface area (Å²) in [5.41, 5.74) is 0. The van der Waals surface area contributed by atoms with Crippen LogP contribution in [-0.2, 0) is 4.79 Å². The first kappa shape index (κ1) is 22.7. The summed E-state index contributed by atoms with van der Waals surface area (Å²) in [6.45, 7) is 5.72. The maximum Gasteiger partial charge on any atom is 0.0780 e. The van der Waals surface area contributed by atoms with Gasteiger partial charge in [0.05, 0.1) is 27.7 Å². The summed E-state index contributed by atoms with van der Waals surface area (Å²) < 4.78 is 1.12. The molecule has 0 saturated heterocycles. The summed E-state index contributed by atoms with van der Waals surface area (Å²) in [5, 5.41) is 9.92. The van der Waals surface area contributed by atoms with E-state index in [1.807, 2.05) is 0 Å².